The lowest BCUT2D eigenvalue weighted by atomic mass is 10.2. The zero-order valence-electron chi connectivity index (χ0n) is 8.43. The zero-order chi connectivity index (χ0) is 10.3. The summed E-state index contributed by atoms with van der Waals surface area (Å²) >= 11 is 6.14. The maximum absolute atomic E-state index is 6.14. The average molecular weight is 207 g/mol. The van der Waals surface area contributed by atoms with Crippen molar-refractivity contribution in [3.8, 4) is 0 Å². The summed E-state index contributed by atoms with van der Waals surface area (Å²) in [5.41, 5.74) is 3.74. The van der Waals surface area contributed by atoms with Crippen molar-refractivity contribution in [1.29, 1.82) is 0 Å². The first-order valence-electron chi connectivity index (χ1n) is 4.49. The molecule has 0 spiro atoms. The standard InChI is InChI=1S/C11H11ClN2/c1-6-4-9-10(12)5-7(2)14-11(9)8(3)13-6/h4-5H,1-3H3. The second-order valence-electron chi connectivity index (χ2n) is 3.49. The first-order chi connectivity index (χ1) is 6.58. The molecule has 2 aromatic rings. The number of pyridine rings is 2. The van der Waals surface area contributed by atoms with E-state index in [0.29, 0.717) is 0 Å². The maximum atomic E-state index is 6.14. The van der Waals surface area contributed by atoms with Gasteiger partial charge in [0.15, 0.2) is 0 Å². The number of aryl methyl sites for hydroxylation is 3. The minimum atomic E-state index is 0.751. The van der Waals surface area contributed by atoms with Gasteiger partial charge in [0.25, 0.3) is 0 Å². The molecule has 2 rings (SSSR count). The zero-order valence-corrected chi connectivity index (χ0v) is 9.18. The van der Waals surface area contributed by atoms with Crippen LogP contribution < -0.4 is 0 Å². The predicted octanol–water partition coefficient (Wildman–Crippen LogP) is 3.21. The number of nitrogens with zero attached hydrogens (tertiary/aromatic N) is 2. The van der Waals surface area contributed by atoms with E-state index in [1.165, 1.54) is 0 Å². The highest BCUT2D eigenvalue weighted by Crippen LogP contribution is 2.24. The summed E-state index contributed by atoms with van der Waals surface area (Å²) in [7, 11) is 0. The first kappa shape index (κ1) is 9.41. The summed E-state index contributed by atoms with van der Waals surface area (Å²) in [6.07, 6.45) is 0. The van der Waals surface area contributed by atoms with Crippen LogP contribution in [-0.4, -0.2) is 9.97 Å². The van der Waals surface area contributed by atoms with Gasteiger partial charge in [-0.25, -0.2) is 0 Å². The molecule has 72 valence electrons. The van der Waals surface area contributed by atoms with Crippen LogP contribution in [0.3, 0.4) is 0 Å². The Bertz CT molecular complexity index is 459. The van der Waals surface area contributed by atoms with Gasteiger partial charge in [-0.15, -0.1) is 0 Å². The van der Waals surface area contributed by atoms with Crippen molar-refractivity contribution >= 4 is 22.5 Å². The van der Waals surface area contributed by atoms with Crippen molar-refractivity contribution in [3.63, 3.8) is 0 Å². The third-order valence-electron chi connectivity index (χ3n) is 2.18. The molecular weight excluding hydrogens is 196 g/mol. The quantitative estimate of drug-likeness (QED) is 0.662. The Balaban J connectivity index is 2.94. The molecule has 0 aromatic carbocycles. The third kappa shape index (κ3) is 1.46. The van der Waals surface area contributed by atoms with Crippen molar-refractivity contribution in [2.75, 3.05) is 0 Å². The van der Waals surface area contributed by atoms with Crippen LogP contribution in [0.4, 0.5) is 0 Å². The fourth-order valence-corrected chi connectivity index (χ4v) is 1.92. The summed E-state index contributed by atoms with van der Waals surface area (Å²) in [5, 5.41) is 1.74. The minimum absolute atomic E-state index is 0.751. The molecule has 0 aliphatic rings. The molecule has 0 fully saturated rings. The Kier molecular flexibility index (Phi) is 2.16. The molecule has 0 unspecified atom stereocenters. The van der Waals surface area contributed by atoms with Crippen molar-refractivity contribution < 1.29 is 0 Å². The second kappa shape index (κ2) is 3.21. The van der Waals surface area contributed by atoms with Gasteiger partial charge in [0.2, 0.25) is 0 Å². The maximum Gasteiger partial charge on any atom is 0.0932 e. The Morgan fingerprint density at radius 1 is 1.00 bits per heavy atom. The number of halogens is 1. The van der Waals surface area contributed by atoms with Crippen LogP contribution in [0.5, 0.6) is 0 Å². The van der Waals surface area contributed by atoms with Crippen LogP contribution in [-0.2, 0) is 0 Å². The Hall–Kier alpha value is -1.15. The van der Waals surface area contributed by atoms with Crippen LogP contribution in [0.15, 0.2) is 12.1 Å². The summed E-state index contributed by atoms with van der Waals surface area (Å²) in [4.78, 5) is 8.79. The molecule has 0 aliphatic heterocycles. The molecule has 0 atom stereocenters. The van der Waals surface area contributed by atoms with E-state index >= 15 is 0 Å². The molecule has 3 heteroatoms. The van der Waals surface area contributed by atoms with E-state index in [1.54, 1.807) is 0 Å². The number of hydrogen-bond acceptors (Lipinski definition) is 2. The topological polar surface area (TPSA) is 25.8 Å². The largest absolute Gasteiger partial charge is 0.256 e. The molecule has 0 amide bonds. The Morgan fingerprint density at radius 3 is 2.36 bits per heavy atom. The van der Waals surface area contributed by atoms with Gasteiger partial charge >= 0.3 is 0 Å². The highest BCUT2D eigenvalue weighted by molar-refractivity contribution is 6.35. The van der Waals surface area contributed by atoms with Gasteiger partial charge in [0.1, 0.15) is 0 Å². The minimum Gasteiger partial charge on any atom is -0.256 e. The van der Waals surface area contributed by atoms with E-state index < -0.39 is 0 Å². The molecule has 2 aromatic heterocycles. The van der Waals surface area contributed by atoms with Gasteiger partial charge in [-0.05, 0) is 32.9 Å². The van der Waals surface area contributed by atoms with Crippen LogP contribution in [0.1, 0.15) is 17.1 Å². The lowest BCUT2D eigenvalue weighted by Crippen LogP contribution is -1.93. The van der Waals surface area contributed by atoms with E-state index in [4.69, 9.17) is 11.6 Å². The molecular formula is C11H11ClN2. The fourth-order valence-electron chi connectivity index (χ4n) is 1.61. The smallest absolute Gasteiger partial charge is 0.0932 e. The molecule has 2 nitrogen and oxygen atoms in total. The van der Waals surface area contributed by atoms with Crippen LogP contribution in [0, 0.1) is 20.8 Å². The van der Waals surface area contributed by atoms with Crippen LogP contribution in [0.25, 0.3) is 10.9 Å². The highest BCUT2D eigenvalue weighted by atomic mass is 35.5. The molecule has 0 saturated heterocycles. The van der Waals surface area contributed by atoms with Crippen molar-refractivity contribution in [1.82, 2.24) is 9.97 Å². The lowest BCUT2D eigenvalue weighted by Gasteiger charge is -2.05. The second-order valence-corrected chi connectivity index (χ2v) is 3.90. The van der Waals surface area contributed by atoms with Crippen molar-refractivity contribution in [3.05, 3.63) is 34.2 Å². The summed E-state index contributed by atoms with van der Waals surface area (Å²) in [6.45, 7) is 5.85. The Morgan fingerprint density at radius 2 is 1.64 bits per heavy atom. The summed E-state index contributed by atoms with van der Waals surface area (Å²) < 4.78 is 0. The van der Waals surface area contributed by atoms with Crippen molar-refractivity contribution in [2.24, 2.45) is 0 Å². The Labute approximate surface area is 88.0 Å². The van der Waals surface area contributed by atoms with E-state index in [1.807, 2.05) is 32.9 Å². The molecule has 0 N–H and O–H groups in total. The monoisotopic (exact) mass is 206 g/mol. The van der Waals surface area contributed by atoms with E-state index in [9.17, 15) is 0 Å². The van der Waals surface area contributed by atoms with Gasteiger partial charge in [0.05, 0.1) is 16.2 Å². The highest BCUT2D eigenvalue weighted by Gasteiger charge is 2.06. The van der Waals surface area contributed by atoms with Gasteiger partial charge in [-0.2, -0.15) is 0 Å². The van der Waals surface area contributed by atoms with Crippen LogP contribution >= 0.6 is 11.6 Å². The molecule has 2 heterocycles. The molecule has 0 aliphatic carbocycles. The van der Waals surface area contributed by atoms with Crippen molar-refractivity contribution in [2.45, 2.75) is 20.8 Å². The van der Waals surface area contributed by atoms with E-state index in [0.717, 1.165) is 33.0 Å². The first-order valence-corrected chi connectivity index (χ1v) is 4.87. The third-order valence-corrected chi connectivity index (χ3v) is 2.49. The number of aromatic nitrogens is 2. The molecule has 0 radical (unpaired) electrons. The van der Waals surface area contributed by atoms with Gasteiger partial charge in [-0.1, -0.05) is 11.6 Å². The van der Waals surface area contributed by atoms with E-state index in [2.05, 4.69) is 9.97 Å². The molecule has 0 bridgehead atoms. The summed E-state index contributed by atoms with van der Waals surface area (Å²) in [5.74, 6) is 0. The normalized spacial score (nSPS) is 10.9. The van der Waals surface area contributed by atoms with E-state index in [-0.39, 0.29) is 0 Å². The molecule has 14 heavy (non-hydrogen) atoms. The number of rotatable bonds is 0. The molecule has 0 saturated carbocycles. The van der Waals surface area contributed by atoms with Gasteiger partial charge in [0, 0.05) is 16.8 Å². The fraction of sp³-hybridized carbons (Fsp3) is 0.273. The summed E-state index contributed by atoms with van der Waals surface area (Å²) in [6, 6.07) is 3.85. The lowest BCUT2D eigenvalue weighted by molar-refractivity contribution is 1.12. The van der Waals surface area contributed by atoms with Crippen LogP contribution in [0.2, 0.25) is 5.02 Å². The SMILES string of the molecule is Cc1cc2c(Cl)cc(C)nc2c(C)n1. The van der Waals surface area contributed by atoms with Gasteiger partial charge < -0.3 is 0 Å². The average Bonchev–Trinajstić information content (AvgIpc) is 2.07. The number of fused-ring (bicyclic) bond motifs is 1. The number of hydrogen-bond donors (Lipinski definition) is 0. The predicted molar refractivity (Wildman–Crippen MR) is 58.8 cm³/mol. The van der Waals surface area contributed by atoms with Gasteiger partial charge in [-0.3, -0.25) is 9.97 Å².